The van der Waals surface area contributed by atoms with Gasteiger partial charge in [-0.3, -0.25) is 13.9 Å². The van der Waals surface area contributed by atoms with Crippen molar-refractivity contribution in [1.82, 2.24) is 19.1 Å². The highest BCUT2D eigenvalue weighted by atomic mass is 16.6. The Labute approximate surface area is 166 Å². The van der Waals surface area contributed by atoms with Crippen LogP contribution in [0.2, 0.25) is 0 Å². The van der Waals surface area contributed by atoms with E-state index in [4.69, 9.17) is 9.47 Å². The van der Waals surface area contributed by atoms with Crippen molar-refractivity contribution >= 4 is 17.1 Å². The second-order valence-electron chi connectivity index (χ2n) is 6.71. The third-order valence-electron chi connectivity index (χ3n) is 4.35. The van der Waals surface area contributed by atoms with E-state index in [0.717, 1.165) is 5.56 Å². The standard InChI is InChI=1S/C20H24N4O5/c1-5-23-18-16(19(26)24(6-2)20(23)27)21-17(22-18)13-7-9-14(10-8-13)28-11-15(25)29-12(3)4/h7-10,12H,5-6,11H2,1-4H3,(H,21,22). The second-order valence-corrected chi connectivity index (χ2v) is 6.71. The Morgan fingerprint density at radius 1 is 1.10 bits per heavy atom. The number of carbonyl (C=O) groups is 1. The number of esters is 1. The number of aryl methyl sites for hydroxylation is 1. The monoisotopic (exact) mass is 400 g/mol. The Kier molecular flexibility index (Phi) is 5.86. The van der Waals surface area contributed by atoms with Crippen LogP contribution in [0, 0.1) is 0 Å². The van der Waals surface area contributed by atoms with E-state index in [0.29, 0.717) is 29.3 Å². The van der Waals surface area contributed by atoms with E-state index < -0.39 is 5.97 Å². The molecule has 0 aliphatic heterocycles. The maximum atomic E-state index is 12.6. The average Bonchev–Trinajstić information content (AvgIpc) is 3.12. The quantitative estimate of drug-likeness (QED) is 0.607. The van der Waals surface area contributed by atoms with Crippen molar-refractivity contribution < 1.29 is 14.3 Å². The van der Waals surface area contributed by atoms with Gasteiger partial charge in [-0.15, -0.1) is 0 Å². The van der Waals surface area contributed by atoms with E-state index in [-0.39, 0.29) is 30.5 Å². The van der Waals surface area contributed by atoms with Gasteiger partial charge in [0.15, 0.2) is 12.3 Å². The number of benzene rings is 1. The van der Waals surface area contributed by atoms with Gasteiger partial charge < -0.3 is 14.5 Å². The van der Waals surface area contributed by atoms with Gasteiger partial charge in [0.25, 0.3) is 5.56 Å². The Balaban J connectivity index is 1.89. The number of carbonyl (C=O) groups excluding carboxylic acids is 1. The molecule has 0 radical (unpaired) electrons. The molecule has 1 aromatic carbocycles. The predicted molar refractivity (Wildman–Crippen MR) is 108 cm³/mol. The molecular formula is C20H24N4O5. The number of H-pyrrole nitrogens is 1. The van der Waals surface area contributed by atoms with Crippen LogP contribution >= 0.6 is 0 Å². The van der Waals surface area contributed by atoms with Gasteiger partial charge in [-0.25, -0.2) is 14.6 Å². The van der Waals surface area contributed by atoms with Crippen molar-refractivity contribution in [3.63, 3.8) is 0 Å². The van der Waals surface area contributed by atoms with E-state index in [1.807, 2.05) is 6.92 Å². The SMILES string of the molecule is CCn1c(=O)c2[nH]c(-c3ccc(OCC(=O)OC(C)C)cc3)nc2n(CC)c1=O. The van der Waals surface area contributed by atoms with Gasteiger partial charge in [0, 0.05) is 18.7 Å². The first-order chi connectivity index (χ1) is 13.8. The maximum Gasteiger partial charge on any atom is 0.344 e. The topological polar surface area (TPSA) is 108 Å². The molecule has 0 atom stereocenters. The number of fused-ring (bicyclic) bond motifs is 1. The summed E-state index contributed by atoms with van der Waals surface area (Å²) >= 11 is 0. The molecule has 3 aromatic rings. The van der Waals surface area contributed by atoms with Crippen molar-refractivity contribution in [1.29, 1.82) is 0 Å². The summed E-state index contributed by atoms with van der Waals surface area (Å²) in [5.41, 5.74) is 0.581. The Morgan fingerprint density at radius 3 is 2.34 bits per heavy atom. The molecular weight excluding hydrogens is 376 g/mol. The first-order valence-electron chi connectivity index (χ1n) is 9.51. The minimum absolute atomic E-state index is 0.179. The molecule has 0 amide bonds. The van der Waals surface area contributed by atoms with Gasteiger partial charge in [0.1, 0.15) is 17.1 Å². The summed E-state index contributed by atoms with van der Waals surface area (Å²) in [5.74, 6) is 0.536. The zero-order chi connectivity index (χ0) is 21.1. The van der Waals surface area contributed by atoms with E-state index in [1.165, 1.54) is 9.13 Å². The fourth-order valence-electron chi connectivity index (χ4n) is 3.02. The molecule has 2 aromatic heterocycles. The Bertz CT molecular complexity index is 1140. The number of aromatic amines is 1. The lowest BCUT2D eigenvalue weighted by Gasteiger charge is -2.09. The zero-order valence-corrected chi connectivity index (χ0v) is 16.9. The number of imidazole rings is 1. The number of hydrogen-bond acceptors (Lipinski definition) is 6. The highest BCUT2D eigenvalue weighted by Gasteiger charge is 2.16. The third-order valence-corrected chi connectivity index (χ3v) is 4.35. The predicted octanol–water partition coefficient (Wildman–Crippen LogP) is 1.92. The molecule has 0 bridgehead atoms. The van der Waals surface area contributed by atoms with Crippen LogP contribution in [0.1, 0.15) is 27.7 Å². The van der Waals surface area contributed by atoms with Gasteiger partial charge in [-0.05, 0) is 52.0 Å². The average molecular weight is 400 g/mol. The van der Waals surface area contributed by atoms with Gasteiger partial charge in [0.05, 0.1) is 6.10 Å². The van der Waals surface area contributed by atoms with Crippen LogP contribution in [0.5, 0.6) is 5.75 Å². The number of nitrogens with zero attached hydrogens (tertiary/aromatic N) is 3. The lowest BCUT2D eigenvalue weighted by Crippen LogP contribution is -2.39. The number of hydrogen-bond donors (Lipinski definition) is 1. The van der Waals surface area contributed by atoms with Crippen molar-refractivity contribution in [2.75, 3.05) is 6.61 Å². The molecule has 0 saturated heterocycles. The summed E-state index contributed by atoms with van der Waals surface area (Å²) in [6, 6.07) is 6.91. The summed E-state index contributed by atoms with van der Waals surface area (Å²) in [6.07, 6.45) is -0.195. The molecule has 0 aliphatic carbocycles. The molecule has 9 nitrogen and oxygen atoms in total. The number of rotatable bonds is 7. The first-order valence-corrected chi connectivity index (χ1v) is 9.51. The zero-order valence-electron chi connectivity index (χ0n) is 16.9. The molecule has 2 heterocycles. The van der Waals surface area contributed by atoms with E-state index in [2.05, 4.69) is 9.97 Å². The summed E-state index contributed by atoms with van der Waals surface area (Å²) in [4.78, 5) is 44.1. The van der Waals surface area contributed by atoms with Crippen LogP contribution in [0.15, 0.2) is 33.9 Å². The van der Waals surface area contributed by atoms with Gasteiger partial charge >= 0.3 is 11.7 Å². The van der Waals surface area contributed by atoms with Crippen LogP contribution in [0.3, 0.4) is 0 Å². The second kappa shape index (κ2) is 8.34. The van der Waals surface area contributed by atoms with Crippen molar-refractivity contribution in [2.45, 2.75) is 46.9 Å². The van der Waals surface area contributed by atoms with Crippen LogP contribution in [0.25, 0.3) is 22.6 Å². The van der Waals surface area contributed by atoms with E-state index >= 15 is 0 Å². The molecule has 0 unspecified atom stereocenters. The summed E-state index contributed by atoms with van der Waals surface area (Å²) < 4.78 is 13.1. The number of nitrogens with one attached hydrogen (secondary N) is 1. The molecule has 0 saturated carbocycles. The molecule has 0 fully saturated rings. The molecule has 0 aliphatic rings. The van der Waals surface area contributed by atoms with E-state index in [9.17, 15) is 14.4 Å². The third kappa shape index (κ3) is 4.08. The number of ether oxygens (including phenoxy) is 2. The number of aromatic nitrogens is 4. The van der Waals surface area contributed by atoms with E-state index in [1.54, 1.807) is 45.0 Å². The molecule has 3 rings (SSSR count). The summed E-state index contributed by atoms with van der Waals surface area (Å²) in [6.45, 7) is 7.63. The molecule has 29 heavy (non-hydrogen) atoms. The summed E-state index contributed by atoms with van der Waals surface area (Å²) in [7, 11) is 0. The minimum Gasteiger partial charge on any atom is -0.482 e. The molecule has 1 N–H and O–H groups in total. The summed E-state index contributed by atoms with van der Waals surface area (Å²) in [5, 5.41) is 0. The fourth-order valence-corrected chi connectivity index (χ4v) is 3.02. The first kappa shape index (κ1) is 20.4. The van der Waals surface area contributed by atoms with Gasteiger partial charge in [-0.2, -0.15) is 0 Å². The van der Waals surface area contributed by atoms with Gasteiger partial charge in [0.2, 0.25) is 0 Å². The van der Waals surface area contributed by atoms with Crippen LogP contribution in [-0.2, 0) is 22.6 Å². The highest BCUT2D eigenvalue weighted by molar-refractivity contribution is 5.75. The lowest BCUT2D eigenvalue weighted by molar-refractivity contribution is -0.149. The largest absolute Gasteiger partial charge is 0.482 e. The lowest BCUT2D eigenvalue weighted by atomic mass is 10.2. The van der Waals surface area contributed by atoms with Crippen molar-refractivity contribution in [3.05, 3.63) is 45.1 Å². The molecule has 154 valence electrons. The minimum atomic E-state index is -0.439. The van der Waals surface area contributed by atoms with Gasteiger partial charge in [-0.1, -0.05) is 0 Å². The molecule has 0 spiro atoms. The fraction of sp³-hybridized carbons (Fsp3) is 0.400. The Hall–Kier alpha value is -3.36. The normalized spacial score (nSPS) is 11.2. The van der Waals surface area contributed by atoms with Crippen molar-refractivity contribution in [2.24, 2.45) is 0 Å². The Morgan fingerprint density at radius 2 is 1.76 bits per heavy atom. The van der Waals surface area contributed by atoms with Crippen LogP contribution in [0.4, 0.5) is 0 Å². The van der Waals surface area contributed by atoms with Crippen LogP contribution in [-0.4, -0.2) is 37.8 Å². The van der Waals surface area contributed by atoms with Crippen molar-refractivity contribution in [3.8, 4) is 17.1 Å². The highest BCUT2D eigenvalue weighted by Crippen LogP contribution is 2.21. The molecule has 9 heteroatoms. The maximum absolute atomic E-state index is 12.6. The smallest absolute Gasteiger partial charge is 0.344 e. The van der Waals surface area contributed by atoms with Crippen LogP contribution < -0.4 is 16.0 Å².